The Morgan fingerprint density at radius 3 is 2.54 bits per heavy atom. The molecule has 0 bridgehead atoms. The molecule has 0 N–H and O–H groups in total. The van der Waals surface area contributed by atoms with Gasteiger partial charge in [-0.3, -0.25) is 0 Å². The highest BCUT2D eigenvalue weighted by Gasteiger charge is 2.25. The van der Waals surface area contributed by atoms with Crippen LogP contribution in [0.2, 0.25) is 0 Å². The third kappa shape index (κ3) is 5.70. The average Bonchev–Trinajstić information content (AvgIpc) is 2.61. The Bertz CT molecular complexity index is 611. The first-order valence-corrected chi connectivity index (χ1v) is 11.4. The number of carbonyl (C=O) groups excluding carboxylic acids is 1. The summed E-state index contributed by atoms with van der Waals surface area (Å²) in [6.45, 7) is 3.81. The molecule has 1 aromatic rings. The van der Waals surface area contributed by atoms with E-state index in [1.165, 1.54) is 0 Å². The van der Waals surface area contributed by atoms with E-state index in [1.54, 1.807) is 35.2 Å². The predicted molar refractivity (Wildman–Crippen MR) is 96.6 cm³/mol. The quantitative estimate of drug-likeness (QED) is 0.539. The fraction of sp³-hybridized carbons (Fsp3) is 0.588. The lowest BCUT2D eigenvalue weighted by molar-refractivity contribution is 0.0885. The minimum Gasteiger partial charge on any atom is -0.449 e. The third-order valence-corrected chi connectivity index (χ3v) is 7.77. The van der Waals surface area contributed by atoms with Crippen molar-refractivity contribution in [1.29, 1.82) is 0 Å². The van der Waals surface area contributed by atoms with E-state index in [0.717, 1.165) is 36.5 Å². The summed E-state index contributed by atoms with van der Waals surface area (Å²) in [5.41, 5.74) is 0. The smallest absolute Gasteiger partial charge is 0.409 e. The molecule has 2 rings (SSSR count). The van der Waals surface area contributed by atoms with Gasteiger partial charge in [-0.2, -0.15) is 0 Å². The van der Waals surface area contributed by atoms with Crippen LogP contribution in [0.1, 0.15) is 32.6 Å². The second-order valence-electron chi connectivity index (χ2n) is 5.95. The number of benzene rings is 1. The number of likely N-dealkylation sites (tertiary alicyclic amines) is 1. The molecule has 0 aromatic heterocycles. The Labute approximate surface area is 148 Å². The number of rotatable bonds is 7. The van der Waals surface area contributed by atoms with Crippen LogP contribution >= 0.6 is 10.8 Å². The van der Waals surface area contributed by atoms with Gasteiger partial charge in [0, 0.05) is 18.8 Å². The summed E-state index contributed by atoms with van der Waals surface area (Å²) in [5, 5.41) is 0. The van der Waals surface area contributed by atoms with Crippen LogP contribution in [0.25, 0.3) is 0 Å². The van der Waals surface area contributed by atoms with Gasteiger partial charge in [0.2, 0.25) is 8.87 Å². The summed E-state index contributed by atoms with van der Waals surface area (Å²) >= 11 is 0. The fourth-order valence-electron chi connectivity index (χ4n) is 2.52. The molecule has 1 amide bonds. The number of ether oxygens (including phenoxy) is 1. The second kappa shape index (κ2) is 9.32. The molecule has 0 radical (unpaired) electrons. The van der Waals surface area contributed by atoms with E-state index < -0.39 is 8.87 Å². The molecule has 1 saturated heterocycles. The molecule has 1 aromatic carbocycles. The number of carbonyl (C=O) groups is 1. The molecule has 0 spiro atoms. The van der Waals surface area contributed by atoms with Crippen molar-refractivity contribution in [2.24, 2.45) is 5.92 Å². The van der Waals surface area contributed by atoms with Crippen molar-refractivity contribution >= 4 is 25.8 Å². The molecule has 0 aliphatic carbocycles. The Morgan fingerprint density at radius 2 is 1.92 bits per heavy atom. The van der Waals surface area contributed by atoms with Crippen LogP contribution in [0.5, 0.6) is 0 Å². The molecule has 1 fully saturated rings. The first-order chi connectivity index (χ1) is 11.5. The van der Waals surface area contributed by atoms with Crippen LogP contribution in [-0.2, 0) is 13.6 Å². The predicted octanol–water partition coefficient (Wildman–Crippen LogP) is 3.76. The van der Waals surface area contributed by atoms with E-state index in [-0.39, 0.29) is 6.09 Å². The summed E-state index contributed by atoms with van der Waals surface area (Å²) in [6, 6.07) is 8.51. The Morgan fingerprint density at radius 1 is 1.25 bits per heavy atom. The number of amides is 1. The van der Waals surface area contributed by atoms with Gasteiger partial charge in [0.1, 0.15) is 0 Å². The molecule has 134 valence electrons. The molecule has 1 aliphatic rings. The number of hydrogen-bond acceptors (Lipinski definition) is 5. The molecule has 0 saturated carbocycles. The summed E-state index contributed by atoms with van der Waals surface area (Å²) < 4.78 is 29.8. The summed E-state index contributed by atoms with van der Waals surface area (Å²) in [5.74, 6) is 0.879. The molecule has 7 heteroatoms. The third-order valence-electron chi connectivity index (χ3n) is 4.09. The molecule has 1 aliphatic heterocycles. The zero-order valence-electron chi connectivity index (χ0n) is 14.0. The Balaban J connectivity index is 1.74. The lowest BCUT2D eigenvalue weighted by Crippen LogP contribution is -2.39. The number of nitrogens with zero attached hydrogens (tertiary/aromatic N) is 1. The highest BCUT2D eigenvalue weighted by atomic mass is 33.1. The highest BCUT2D eigenvalue weighted by molar-refractivity contribution is 8.72. The van der Waals surface area contributed by atoms with Crippen molar-refractivity contribution in [2.75, 3.05) is 25.4 Å². The second-order valence-corrected chi connectivity index (χ2v) is 9.92. The van der Waals surface area contributed by atoms with Crippen LogP contribution in [0.3, 0.4) is 0 Å². The first-order valence-electron chi connectivity index (χ1n) is 8.39. The SMILES string of the molecule is CCCCOC(=O)N1CCC(CSS(=O)(=O)c2ccccc2)CC1. The van der Waals surface area contributed by atoms with Crippen LogP contribution in [0.4, 0.5) is 4.79 Å². The van der Waals surface area contributed by atoms with Gasteiger partial charge in [-0.15, -0.1) is 0 Å². The largest absolute Gasteiger partial charge is 0.449 e. The molecular weight excluding hydrogens is 346 g/mol. The van der Waals surface area contributed by atoms with Gasteiger partial charge in [0.15, 0.2) is 0 Å². The van der Waals surface area contributed by atoms with Crippen molar-refractivity contribution in [2.45, 2.75) is 37.5 Å². The van der Waals surface area contributed by atoms with E-state index in [1.807, 2.05) is 0 Å². The molecule has 0 unspecified atom stereocenters. The maximum Gasteiger partial charge on any atom is 0.409 e. The van der Waals surface area contributed by atoms with E-state index in [9.17, 15) is 13.2 Å². The monoisotopic (exact) mass is 371 g/mol. The van der Waals surface area contributed by atoms with E-state index in [4.69, 9.17) is 4.74 Å². The van der Waals surface area contributed by atoms with Crippen LogP contribution in [-0.4, -0.2) is 44.9 Å². The summed E-state index contributed by atoms with van der Waals surface area (Å²) in [6.07, 6.45) is 3.28. The van der Waals surface area contributed by atoms with E-state index >= 15 is 0 Å². The lowest BCUT2D eigenvalue weighted by Gasteiger charge is -2.31. The fourth-order valence-corrected chi connectivity index (χ4v) is 5.71. The summed E-state index contributed by atoms with van der Waals surface area (Å²) in [7, 11) is -2.29. The minimum absolute atomic E-state index is 0.244. The minimum atomic E-state index is -3.29. The van der Waals surface area contributed by atoms with Crippen LogP contribution in [0.15, 0.2) is 35.2 Å². The Kier molecular flexibility index (Phi) is 7.42. The zero-order chi connectivity index (χ0) is 17.4. The molecule has 1 heterocycles. The first kappa shape index (κ1) is 19.1. The van der Waals surface area contributed by atoms with Gasteiger partial charge >= 0.3 is 6.09 Å². The Hall–Kier alpha value is -1.21. The van der Waals surface area contributed by atoms with E-state index in [0.29, 0.717) is 36.3 Å². The van der Waals surface area contributed by atoms with Gasteiger partial charge in [0.05, 0.1) is 11.5 Å². The van der Waals surface area contributed by atoms with Gasteiger partial charge in [-0.05, 0) is 48.1 Å². The molecule has 0 atom stereocenters. The van der Waals surface area contributed by atoms with Crippen LogP contribution < -0.4 is 0 Å². The number of unbranched alkanes of at least 4 members (excludes halogenated alkanes) is 1. The molecular formula is C17H25NO4S2. The van der Waals surface area contributed by atoms with Gasteiger partial charge in [-0.1, -0.05) is 31.5 Å². The normalized spacial score (nSPS) is 16.1. The van der Waals surface area contributed by atoms with Crippen molar-refractivity contribution < 1.29 is 17.9 Å². The topological polar surface area (TPSA) is 63.7 Å². The molecule has 5 nitrogen and oxygen atoms in total. The van der Waals surface area contributed by atoms with Gasteiger partial charge in [0.25, 0.3) is 0 Å². The van der Waals surface area contributed by atoms with Crippen LogP contribution in [0, 0.1) is 5.92 Å². The zero-order valence-corrected chi connectivity index (χ0v) is 15.7. The van der Waals surface area contributed by atoms with E-state index in [2.05, 4.69) is 6.92 Å². The van der Waals surface area contributed by atoms with Gasteiger partial charge in [-0.25, -0.2) is 13.2 Å². The standard InChI is InChI=1S/C17H25NO4S2/c1-2-3-13-22-17(19)18-11-9-15(10-12-18)14-23-24(20,21)16-7-5-4-6-8-16/h4-8,15H,2-3,9-14H2,1H3. The maximum absolute atomic E-state index is 12.3. The number of piperidine rings is 1. The van der Waals surface area contributed by atoms with Gasteiger partial charge < -0.3 is 9.64 Å². The summed E-state index contributed by atoms with van der Waals surface area (Å²) in [4.78, 5) is 14.0. The van der Waals surface area contributed by atoms with Crippen molar-refractivity contribution in [3.05, 3.63) is 30.3 Å². The lowest BCUT2D eigenvalue weighted by atomic mass is 9.99. The average molecular weight is 372 g/mol. The van der Waals surface area contributed by atoms with Crippen molar-refractivity contribution in [3.8, 4) is 0 Å². The van der Waals surface area contributed by atoms with Crippen molar-refractivity contribution in [1.82, 2.24) is 4.90 Å². The highest BCUT2D eigenvalue weighted by Crippen LogP contribution is 2.29. The number of hydrogen-bond donors (Lipinski definition) is 0. The van der Waals surface area contributed by atoms with Crippen molar-refractivity contribution in [3.63, 3.8) is 0 Å². The maximum atomic E-state index is 12.3. The molecule has 24 heavy (non-hydrogen) atoms.